The maximum atomic E-state index is 5.78. The molecular formula is C30H35BrN8O. The number of anilines is 5. The third kappa shape index (κ3) is 5.99. The van der Waals surface area contributed by atoms with Crippen LogP contribution in [0.25, 0.3) is 10.9 Å². The molecule has 0 spiro atoms. The fourth-order valence-electron chi connectivity index (χ4n) is 5.57. The Hall–Kier alpha value is -3.47. The van der Waals surface area contributed by atoms with Gasteiger partial charge in [-0.3, -0.25) is 9.88 Å². The summed E-state index contributed by atoms with van der Waals surface area (Å²) in [5, 5.41) is 7.81. The SMILES string of the molecule is COc1cc(N2CCC(N3CCN(C)CC3)CC2)ccc1Nc1ncc(Br)c(Nc2ccc3cccnc3c2)n1. The Morgan fingerprint density at radius 3 is 2.55 bits per heavy atom. The first kappa shape index (κ1) is 26.7. The molecule has 4 heterocycles. The van der Waals surface area contributed by atoms with Crippen LogP contribution in [0.5, 0.6) is 5.75 Å². The first-order valence-corrected chi connectivity index (χ1v) is 14.6. The van der Waals surface area contributed by atoms with Crippen LogP contribution in [-0.4, -0.2) is 84.2 Å². The van der Waals surface area contributed by atoms with Gasteiger partial charge in [0.1, 0.15) is 11.6 Å². The number of piperazine rings is 1. The van der Waals surface area contributed by atoms with Crippen LogP contribution in [-0.2, 0) is 0 Å². The van der Waals surface area contributed by atoms with E-state index in [1.807, 2.05) is 36.4 Å². The number of benzene rings is 2. The van der Waals surface area contributed by atoms with Gasteiger partial charge in [-0.2, -0.15) is 4.98 Å². The number of nitrogens with zero attached hydrogens (tertiary/aromatic N) is 6. The van der Waals surface area contributed by atoms with E-state index in [2.05, 4.69) is 70.4 Å². The summed E-state index contributed by atoms with van der Waals surface area (Å²) in [4.78, 5) is 21.2. The highest BCUT2D eigenvalue weighted by atomic mass is 79.9. The molecule has 208 valence electrons. The zero-order valence-electron chi connectivity index (χ0n) is 23.0. The molecule has 0 amide bonds. The van der Waals surface area contributed by atoms with Crippen molar-refractivity contribution in [2.75, 3.05) is 69.0 Å². The zero-order chi connectivity index (χ0) is 27.5. The van der Waals surface area contributed by atoms with Crippen molar-refractivity contribution < 1.29 is 4.74 Å². The van der Waals surface area contributed by atoms with Gasteiger partial charge >= 0.3 is 0 Å². The Bertz CT molecular complexity index is 1470. The molecule has 0 bridgehead atoms. The summed E-state index contributed by atoms with van der Waals surface area (Å²) in [7, 11) is 3.92. The van der Waals surface area contributed by atoms with E-state index in [-0.39, 0.29) is 0 Å². The highest BCUT2D eigenvalue weighted by Crippen LogP contribution is 2.34. The minimum Gasteiger partial charge on any atom is -0.494 e. The van der Waals surface area contributed by atoms with Crippen LogP contribution < -0.4 is 20.3 Å². The van der Waals surface area contributed by atoms with Gasteiger partial charge in [0.05, 0.1) is 22.8 Å². The number of rotatable bonds is 7. The summed E-state index contributed by atoms with van der Waals surface area (Å²) in [6, 6.07) is 17.1. The van der Waals surface area contributed by atoms with E-state index in [1.54, 1.807) is 19.5 Å². The lowest BCUT2D eigenvalue weighted by Gasteiger charge is -2.42. The van der Waals surface area contributed by atoms with Crippen molar-refractivity contribution in [1.82, 2.24) is 24.8 Å². The van der Waals surface area contributed by atoms with Gasteiger partial charge in [0.25, 0.3) is 0 Å². The number of pyridine rings is 1. The number of methoxy groups -OCH3 is 1. The van der Waals surface area contributed by atoms with Crippen LogP contribution in [0, 0.1) is 0 Å². The van der Waals surface area contributed by atoms with E-state index < -0.39 is 0 Å². The number of likely N-dealkylation sites (N-methyl/N-ethyl adjacent to an activating group) is 1. The quantitative estimate of drug-likeness (QED) is 0.285. The van der Waals surface area contributed by atoms with E-state index in [4.69, 9.17) is 9.72 Å². The van der Waals surface area contributed by atoms with Crippen LogP contribution in [0.1, 0.15) is 12.8 Å². The van der Waals surface area contributed by atoms with Gasteiger partial charge in [0.2, 0.25) is 5.95 Å². The molecule has 4 aromatic rings. The second-order valence-electron chi connectivity index (χ2n) is 10.5. The molecule has 2 aromatic carbocycles. The van der Waals surface area contributed by atoms with Crippen molar-refractivity contribution in [3.05, 3.63) is 65.4 Å². The number of fused-ring (bicyclic) bond motifs is 1. The Labute approximate surface area is 243 Å². The molecule has 6 rings (SSSR count). The van der Waals surface area contributed by atoms with Crippen molar-refractivity contribution in [3.8, 4) is 5.75 Å². The van der Waals surface area contributed by atoms with Gasteiger partial charge < -0.3 is 25.2 Å². The standard InChI is InChI=1S/C30H35BrN8O/c1-37-14-16-39(17-15-37)23-9-12-38(13-10-23)24-7-8-26(28(19-24)40-2)35-30-33-20-25(31)29(36-30)34-22-6-5-21-4-3-11-32-27(21)18-22/h3-8,11,18-20,23H,9-10,12-17H2,1-2H3,(H2,33,34,35,36). The molecule has 2 aliphatic heterocycles. The van der Waals surface area contributed by atoms with E-state index in [9.17, 15) is 0 Å². The van der Waals surface area contributed by atoms with Crippen LogP contribution in [0.4, 0.5) is 28.8 Å². The summed E-state index contributed by atoms with van der Waals surface area (Å²) in [5.41, 5.74) is 3.82. The Morgan fingerprint density at radius 1 is 0.925 bits per heavy atom. The Kier molecular flexibility index (Phi) is 7.99. The average Bonchev–Trinajstić information content (AvgIpc) is 2.99. The fraction of sp³-hybridized carbons (Fsp3) is 0.367. The minimum absolute atomic E-state index is 0.476. The van der Waals surface area contributed by atoms with E-state index in [0.29, 0.717) is 17.8 Å². The number of nitrogens with one attached hydrogen (secondary N) is 2. The van der Waals surface area contributed by atoms with E-state index in [0.717, 1.165) is 45.6 Å². The van der Waals surface area contributed by atoms with Crippen molar-refractivity contribution in [1.29, 1.82) is 0 Å². The molecular weight excluding hydrogens is 568 g/mol. The summed E-state index contributed by atoms with van der Waals surface area (Å²) in [6.45, 7) is 6.83. The van der Waals surface area contributed by atoms with Crippen molar-refractivity contribution in [2.24, 2.45) is 0 Å². The number of piperidine rings is 1. The summed E-state index contributed by atoms with van der Waals surface area (Å²) < 4.78 is 6.54. The zero-order valence-corrected chi connectivity index (χ0v) is 24.6. The molecule has 0 atom stereocenters. The molecule has 0 saturated carbocycles. The number of halogens is 1. The second-order valence-corrected chi connectivity index (χ2v) is 11.3. The molecule has 0 aliphatic carbocycles. The highest BCUT2D eigenvalue weighted by molar-refractivity contribution is 9.10. The molecule has 40 heavy (non-hydrogen) atoms. The smallest absolute Gasteiger partial charge is 0.229 e. The van der Waals surface area contributed by atoms with Gasteiger partial charge in [0, 0.05) is 80.5 Å². The van der Waals surface area contributed by atoms with Crippen LogP contribution in [0.3, 0.4) is 0 Å². The minimum atomic E-state index is 0.476. The molecule has 10 heteroatoms. The van der Waals surface area contributed by atoms with Crippen molar-refractivity contribution >= 4 is 55.7 Å². The molecule has 0 unspecified atom stereocenters. The maximum Gasteiger partial charge on any atom is 0.229 e. The van der Waals surface area contributed by atoms with Gasteiger partial charge in [-0.25, -0.2) is 4.98 Å². The number of ether oxygens (including phenoxy) is 1. The fourth-order valence-corrected chi connectivity index (χ4v) is 5.86. The Balaban J connectivity index is 1.12. The van der Waals surface area contributed by atoms with Crippen LogP contribution in [0.15, 0.2) is 65.4 Å². The molecule has 2 aromatic heterocycles. The third-order valence-electron chi connectivity index (χ3n) is 7.93. The first-order chi connectivity index (χ1) is 19.6. The lowest BCUT2D eigenvalue weighted by atomic mass is 10.0. The van der Waals surface area contributed by atoms with E-state index in [1.165, 1.54) is 44.7 Å². The number of hydrogen-bond donors (Lipinski definition) is 2. The van der Waals surface area contributed by atoms with Gasteiger partial charge in [0.15, 0.2) is 0 Å². The monoisotopic (exact) mass is 602 g/mol. The average molecular weight is 604 g/mol. The lowest BCUT2D eigenvalue weighted by molar-refractivity contribution is 0.0982. The molecule has 0 radical (unpaired) electrons. The van der Waals surface area contributed by atoms with E-state index >= 15 is 0 Å². The Morgan fingerprint density at radius 2 is 1.75 bits per heavy atom. The predicted octanol–water partition coefficient (Wildman–Crippen LogP) is 5.50. The lowest BCUT2D eigenvalue weighted by Crippen LogP contribution is -2.52. The molecule has 2 fully saturated rings. The topological polar surface area (TPSA) is 81.7 Å². The highest BCUT2D eigenvalue weighted by Gasteiger charge is 2.27. The van der Waals surface area contributed by atoms with Crippen LogP contribution in [0.2, 0.25) is 0 Å². The molecule has 2 N–H and O–H groups in total. The van der Waals surface area contributed by atoms with Crippen molar-refractivity contribution in [2.45, 2.75) is 18.9 Å². The third-order valence-corrected chi connectivity index (χ3v) is 8.51. The van der Waals surface area contributed by atoms with Gasteiger partial charge in [-0.05, 0) is 66.2 Å². The predicted molar refractivity (Wildman–Crippen MR) is 165 cm³/mol. The maximum absolute atomic E-state index is 5.78. The van der Waals surface area contributed by atoms with Crippen LogP contribution >= 0.6 is 15.9 Å². The second kappa shape index (κ2) is 12.0. The molecule has 2 saturated heterocycles. The van der Waals surface area contributed by atoms with Gasteiger partial charge in [-0.15, -0.1) is 0 Å². The van der Waals surface area contributed by atoms with Gasteiger partial charge in [-0.1, -0.05) is 12.1 Å². The molecule has 9 nitrogen and oxygen atoms in total. The largest absolute Gasteiger partial charge is 0.494 e. The summed E-state index contributed by atoms with van der Waals surface area (Å²) in [6.07, 6.45) is 5.93. The normalized spacial score (nSPS) is 17.2. The summed E-state index contributed by atoms with van der Waals surface area (Å²) in [5.74, 6) is 1.90. The molecule has 2 aliphatic rings. The summed E-state index contributed by atoms with van der Waals surface area (Å²) >= 11 is 3.57. The first-order valence-electron chi connectivity index (χ1n) is 13.8. The number of hydrogen-bond acceptors (Lipinski definition) is 9. The number of aromatic nitrogens is 3. The van der Waals surface area contributed by atoms with Crippen molar-refractivity contribution in [3.63, 3.8) is 0 Å².